The fourth-order valence-corrected chi connectivity index (χ4v) is 2.20. The molecule has 3 aromatic rings. The standard InChI is InChI=1S/C16H14N4O3/c1-23-13-9-5-4-8-12(13)18-16(22)20-19-14-10-6-2-3-7-11(10)17-15(14)21/h2-9,17,21H,1H3,(H,18,22). The monoisotopic (exact) mass is 310 g/mol. The Hall–Kier alpha value is -3.35. The van der Waals surface area contributed by atoms with Crippen molar-refractivity contribution in [3.63, 3.8) is 0 Å². The molecule has 0 atom stereocenters. The first-order valence-corrected chi connectivity index (χ1v) is 6.84. The average Bonchev–Trinajstić information content (AvgIpc) is 2.88. The summed E-state index contributed by atoms with van der Waals surface area (Å²) >= 11 is 0. The number of H-pyrrole nitrogens is 1. The lowest BCUT2D eigenvalue weighted by Crippen LogP contribution is -2.06. The Morgan fingerprint density at radius 1 is 1.17 bits per heavy atom. The van der Waals surface area contributed by atoms with Crippen molar-refractivity contribution in [3.05, 3.63) is 48.5 Å². The second kappa shape index (κ2) is 6.18. The lowest BCUT2D eigenvalue weighted by atomic mass is 10.2. The zero-order valence-electron chi connectivity index (χ0n) is 12.3. The molecule has 0 aliphatic rings. The van der Waals surface area contributed by atoms with E-state index in [1.54, 1.807) is 36.4 Å². The highest BCUT2D eigenvalue weighted by Gasteiger charge is 2.11. The Balaban J connectivity index is 1.82. The minimum atomic E-state index is -0.667. The Morgan fingerprint density at radius 2 is 1.91 bits per heavy atom. The molecule has 0 saturated carbocycles. The highest BCUT2D eigenvalue weighted by atomic mass is 16.5. The van der Waals surface area contributed by atoms with Gasteiger partial charge in [0.15, 0.2) is 5.69 Å². The number of azo groups is 1. The van der Waals surface area contributed by atoms with Crippen LogP contribution in [0.5, 0.6) is 11.6 Å². The van der Waals surface area contributed by atoms with Crippen LogP contribution in [0.3, 0.4) is 0 Å². The molecule has 7 heteroatoms. The maximum absolute atomic E-state index is 11.9. The number of fused-ring (bicyclic) bond motifs is 1. The minimum absolute atomic E-state index is 0.139. The van der Waals surface area contributed by atoms with Crippen LogP contribution in [0.2, 0.25) is 0 Å². The van der Waals surface area contributed by atoms with Crippen LogP contribution in [0.25, 0.3) is 10.9 Å². The predicted molar refractivity (Wildman–Crippen MR) is 86.5 cm³/mol. The van der Waals surface area contributed by atoms with Crippen LogP contribution >= 0.6 is 0 Å². The van der Waals surface area contributed by atoms with E-state index < -0.39 is 6.03 Å². The summed E-state index contributed by atoms with van der Waals surface area (Å²) in [6, 6.07) is 13.5. The Morgan fingerprint density at radius 3 is 2.74 bits per heavy atom. The topological polar surface area (TPSA) is 99.1 Å². The smallest absolute Gasteiger partial charge is 0.364 e. The summed E-state index contributed by atoms with van der Waals surface area (Å²) in [6.07, 6.45) is 0. The molecule has 3 N–H and O–H groups in total. The normalized spacial score (nSPS) is 11.0. The molecule has 0 radical (unpaired) electrons. The van der Waals surface area contributed by atoms with Gasteiger partial charge in [-0.1, -0.05) is 35.4 Å². The molecular weight excluding hydrogens is 296 g/mol. The average molecular weight is 310 g/mol. The number of para-hydroxylation sites is 3. The third-order valence-electron chi connectivity index (χ3n) is 3.25. The number of hydrogen-bond acceptors (Lipinski definition) is 4. The second-order valence-corrected chi connectivity index (χ2v) is 4.70. The van der Waals surface area contributed by atoms with Crippen LogP contribution in [0.4, 0.5) is 16.2 Å². The number of hydrogen-bond donors (Lipinski definition) is 3. The maximum Gasteiger partial charge on any atom is 0.364 e. The minimum Gasteiger partial charge on any atom is -0.495 e. The Labute approximate surface area is 131 Å². The molecule has 7 nitrogen and oxygen atoms in total. The number of ether oxygens (including phenoxy) is 1. The number of nitrogens with one attached hydrogen (secondary N) is 2. The van der Waals surface area contributed by atoms with Crippen molar-refractivity contribution in [2.75, 3.05) is 12.4 Å². The van der Waals surface area contributed by atoms with Crippen LogP contribution in [-0.4, -0.2) is 23.2 Å². The van der Waals surface area contributed by atoms with Gasteiger partial charge in [-0.05, 0) is 18.2 Å². The molecule has 2 amide bonds. The summed E-state index contributed by atoms with van der Waals surface area (Å²) in [5.41, 5.74) is 1.42. The molecule has 0 saturated heterocycles. The molecule has 0 bridgehead atoms. The number of amides is 2. The number of rotatable bonds is 3. The molecule has 116 valence electrons. The number of nitrogens with zero attached hydrogens (tertiary/aromatic N) is 2. The van der Waals surface area contributed by atoms with Gasteiger partial charge in [-0.15, -0.1) is 5.11 Å². The zero-order chi connectivity index (χ0) is 16.2. The van der Waals surface area contributed by atoms with Crippen LogP contribution in [-0.2, 0) is 0 Å². The first-order valence-electron chi connectivity index (χ1n) is 6.84. The molecule has 1 heterocycles. The molecule has 0 fully saturated rings. The first-order chi connectivity index (χ1) is 11.2. The summed E-state index contributed by atoms with van der Waals surface area (Å²) in [4.78, 5) is 14.7. The number of aromatic amines is 1. The van der Waals surface area contributed by atoms with E-state index in [0.717, 1.165) is 0 Å². The molecule has 0 aliphatic carbocycles. The summed E-state index contributed by atoms with van der Waals surface area (Å²) in [6.45, 7) is 0. The quantitative estimate of drug-likeness (QED) is 0.632. The van der Waals surface area contributed by atoms with Crippen LogP contribution < -0.4 is 10.1 Å². The number of anilines is 1. The SMILES string of the molecule is COc1ccccc1NC(=O)N=Nc1c(O)[nH]c2ccccc12. The highest BCUT2D eigenvalue weighted by molar-refractivity contribution is 5.95. The van der Waals surface area contributed by atoms with Gasteiger partial charge in [0.25, 0.3) is 0 Å². The number of benzene rings is 2. The van der Waals surface area contributed by atoms with Crippen LogP contribution in [0.1, 0.15) is 0 Å². The van der Waals surface area contributed by atoms with E-state index in [9.17, 15) is 9.90 Å². The second-order valence-electron chi connectivity index (χ2n) is 4.70. The van der Waals surface area contributed by atoms with Crippen molar-refractivity contribution in [2.24, 2.45) is 10.2 Å². The van der Waals surface area contributed by atoms with Gasteiger partial charge < -0.3 is 20.1 Å². The molecule has 23 heavy (non-hydrogen) atoms. The van der Waals surface area contributed by atoms with E-state index in [4.69, 9.17) is 4.74 Å². The van der Waals surface area contributed by atoms with Crippen molar-refractivity contribution in [1.29, 1.82) is 0 Å². The van der Waals surface area contributed by atoms with Gasteiger partial charge in [0.2, 0.25) is 5.88 Å². The molecule has 0 aliphatic heterocycles. The van der Waals surface area contributed by atoms with Gasteiger partial charge in [-0.2, -0.15) is 0 Å². The highest BCUT2D eigenvalue weighted by Crippen LogP contribution is 2.35. The van der Waals surface area contributed by atoms with Crippen molar-refractivity contribution in [1.82, 2.24) is 4.98 Å². The molecule has 0 spiro atoms. The van der Waals surface area contributed by atoms with Gasteiger partial charge in [-0.3, -0.25) is 0 Å². The summed E-state index contributed by atoms with van der Waals surface area (Å²) in [5.74, 6) is 0.381. The van der Waals surface area contributed by atoms with Gasteiger partial charge >= 0.3 is 6.03 Å². The zero-order valence-corrected chi connectivity index (χ0v) is 12.3. The lowest BCUT2D eigenvalue weighted by Gasteiger charge is -2.06. The third-order valence-corrected chi connectivity index (χ3v) is 3.25. The van der Waals surface area contributed by atoms with E-state index in [2.05, 4.69) is 20.5 Å². The molecule has 1 aromatic heterocycles. The number of methoxy groups -OCH3 is 1. The Bertz CT molecular complexity index is 886. The number of aromatic nitrogens is 1. The molecule has 0 unspecified atom stereocenters. The van der Waals surface area contributed by atoms with E-state index in [1.165, 1.54) is 7.11 Å². The van der Waals surface area contributed by atoms with E-state index >= 15 is 0 Å². The molecule has 2 aromatic carbocycles. The largest absolute Gasteiger partial charge is 0.495 e. The third kappa shape index (κ3) is 2.98. The Kier molecular flexibility index (Phi) is 3.92. The van der Waals surface area contributed by atoms with Gasteiger partial charge in [0.05, 0.1) is 18.3 Å². The van der Waals surface area contributed by atoms with Crippen molar-refractivity contribution in [3.8, 4) is 11.6 Å². The van der Waals surface area contributed by atoms with Crippen LogP contribution in [0.15, 0.2) is 58.8 Å². The molecule has 3 rings (SSSR count). The summed E-state index contributed by atoms with van der Waals surface area (Å²) in [7, 11) is 1.51. The fourth-order valence-electron chi connectivity index (χ4n) is 2.20. The number of aromatic hydroxyl groups is 1. The maximum atomic E-state index is 11.9. The van der Waals surface area contributed by atoms with Gasteiger partial charge in [0, 0.05) is 5.39 Å². The van der Waals surface area contributed by atoms with E-state index in [0.29, 0.717) is 22.3 Å². The summed E-state index contributed by atoms with van der Waals surface area (Å²) < 4.78 is 5.14. The number of carbonyl (C=O) groups is 1. The molecular formula is C16H14N4O3. The first kappa shape index (κ1) is 14.6. The van der Waals surface area contributed by atoms with Crippen molar-refractivity contribution in [2.45, 2.75) is 0 Å². The number of carbonyl (C=O) groups excluding carboxylic acids is 1. The predicted octanol–water partition coefficient (Wildman–Crippen LogP) is 4.20. The number of urea groups is 1. The van der Waals surface area contributed by atoms with Crippen molar-refractivity contribution < 1.29 is 14.6 Å². The van der Waals surface area contributed by atoms with E-state index in [1.807, 2.05) is 12.1 Å². The van der Waals surface area contributed by atoms with E-state index in [-0.39, 0.29) is 11.6 Å². The van der Waals surface area contributed by atoms with Gasteiger partial charge in [-0.25, -0.2) is 4.79 Å². The van der Waals surface area contributed by atoms with Crippen LogP contribution in [0, 0.1) is 0 Å². The summed E-state index contributed by atoms with van der Waals surface area (Å²) in [5, 5.41) is 20.5. The van der Waals surface area contributed by atoms with Gasteiger partial charge in [0.1, 0.15) is 5.75 Å². The van der Waals surface area contributed by atoms with Crippen molar-refractivity contribution >= 4 is 28.3 Å². The fraction of sp³-hybridized carbons (Fsp3) is 0.0625. The lowest BCUT2D eigenvalue weighted by molar-refractivity contribution is 0.258.